The Kier molecular flexibility index (Phi) is 2.58. The predicted octanol–water partition coefficient (Wildman–Crippen LogP) is 1.37. The largest absolute Gasteiger partial charge is 0.382 e. The second-order valence-corrected chi connectivity index (χ2v) is 3.36. The highest BCUT2D eigenvalue weighted by Gasteiger charge is 2.03. The Bertz CT molecular complexity index is 252. The van der Waals surface area contributed by atoms with Gasteiger partial charge in [-0.05, 0) is 12.8 Å². The van der Waals surface area contributed by atoms with Gasteiger partial charge >= 0.3 is 0 Å². The van der Waals surface area contributed by atoms with E-state index in [-0.39, 0.29) is 0 Å². The van der Waals surface area contributed by atoms with E-state index in [1.54, 1.807) is 0 Å². The summed E-state index contributed by atoms with van der Waals surface area (Å²) in [6.45, 7) is 7.07. The fourth-order valence-corrected chi connectivity index (χ4v) is 0.946. The van der Waals surface area contributed by atoms with Gasteiger partial charge in [0.2, 0.25) is 0 Å². The first-order valence-corrected chi connectivity index (χ1v) is 4.15. The number of nitrogen functional groups attached to an aromatic ring is 1. The number of aryl methyl sites for hydroxylation is 1. The van der Waals surface area contributed by atoms with Gasteiger partial charge < -0.3 is 16.0 Å². The molecule has 0 aliphatic heterocycles. The van der Waals surface area contributed by atoms with Crippen LogP contribution in [-0.2, 0) is 0 Å². The van der Waals surface area contributed by atoms with E-state index in [1.807, 2.05) is 6.92 Å². The number of nitrogens with two attached hydrogens (primary N) is 1. The number of aromatic amines is 1. The summed E-state index contributed by atoms with van der Waals surface area (Å²) in [7, 11) is 0. The molecule has 0 fully saturated rings. The molecule has 0 aromatic carbocycles. The van der Waals surface area contributed by atoms with E-state index >= 15 is 0 Å². The molecule has 0 aliphatic carbocycles. The molecule has 0 spiro atoms. The van der Waals surface area contributed by atoms with Crippen molar-refractivity contribution in [1.29, 1.82) is 0 Å². The highest BCUT2D eigenvalue weighted by atomic mass is 15.1. The second-order valence-electron chi connectivity index (χ2n) is 3.36. The Hall–Kier alpha value is -1.19. The van der Waals surface area contributed by atoms with E-state index in [0.29, 0.717) is 11.7 Å². The highest BCUT2D eigenvalue weighted by molar-refractivity contribution is 5.56. The molecule has 0 saturated heterocycles. The van der Waals surface area contributed by atoms with Crippen LogP contribution in [0.1, 0.15) is 19.7 Å². The van der Waals surface area contributed by atoms with E-state index in [9.17, 15) is 0 Å². The van der Waals surface area contributed by atoms with Gasteiger partial charge in [0.15, 0.2) is 5.82 Å². The predicted molar refractivity (Wildman–Crippen MR) is 51.1 cm³/mol. The smallest absolute Gasteiger partial charge is 0.168 e. The van der Waals surface area contributed by atoms with Crippen molar-refractivity contribution in [2.45, 2.75) is 20.8 Å². The van der Waals surface area contributed by atoms with Crippen LogP contribution in [0.15, 0.2) is 0 Å². The number of rotatable bonds is 3. The van der Waals surface area contributed by atoms with Crippen LogP contribution < -0.4 is 11.1 Å². The van der Waals surface area contributed by atoms with E-state index in [1.165, 1.54) is 0 Å². The third-order valence-electron chi connectivity index (χ3n) is 1.53. The Balaban J connectivity index is 2.57. The van der Waals surface area contributed by atoms with Crippen molar-refractivity contribution < 1.29 is 0 Å². The number of nitrogens with zero attached hydrogens (tertiary/aromatic N) is 1. The van der Waals surface area contributed by atoms with E-state index < -0.39 is 0 Å². The number of nitrogens with one attached hydrogen (secondary N) is 2. The number of imidazole rings is 1. The van der Waals surface area contributed by atoms with Crippen LogP contribution in [0, 0.1) is 12.8 Å². The number of aromatic nitrogens is 2. The molecule has 4 heteroatoms. The maximum atomic E-state index is 5.65. The summed E-state index contributed by atoms with van der Waals surface area (Å²) in [5.74, 6) is 2.83. The zero-order chi connectivity index (χ0) is 9.14. The second kappa shape index (κ2) is 3.47. The first-order valence-electron chi connectivity index (χ1n) is 4.15. The monoisotopic (exact) mass is 168 g/mol. The van der Waals surface area contributed by atoms with Crippen molar-refractivity contribution in [3.05, 3.63) is 5.82 Å². The Morgan fingerprint density at radius 1 is 1.58 bits per heavy atom. The molecule has 0 saturated carbocycles. The van der Waals surface area contributed by atoms with Gasteiger partial charge in [-0.3, -0.25) is 0 Å². The lowest BCUT2D eigenvalue weighted by Gasteiger charge is -2.05. The average molecular weight is 168 g/mol. The van der Waals surface area contributed by atoms with E-state index in [2.05, 4.69) is 29.1 Å². The van der Waals surface area contributed by atoms with Crippen LogP contribution in [0.5, 0.6) is 0 Å². The minimum absolute atomic E-state index is 0.599. The van der Waals surface area contributed by atoms with Crippen molar-refractivity contribution in [3.63, 3.8) is 0 Å². The van der Waals surface area contributed by atoms with Crippen LogP contribution in [0.25, 0.3) is 0 Å². The molecular weight excluding hydrogens is 152 g/mol. The third kappa shape index (κ3) is 2.15. The fourth-order valence-electron chi connectivity index (χ4n) is 0.946. The van der Waals surface area contributed by atoms with Gasteiger partial charge in [0.1, 0.15) is 11.6 Å². The molecule has 0 radical (unpaired) electrons. The summed E-state index contributed by atoms with van der Waals surface area (Å²) < 4.78 is 0. The van der Waals surface area contributed by atoms with Crippen molar-refractivity contribution in [2.24, 2.45) is 5.92 Å². The number of hydrogen-bond acceptors (Lipinski definition) is 3. The summed E-state index contributed by atoms with van der Waals surface area (Å²) in [6, 6.07) is 0. The molecule has 0 unspecified atom stereocenters. The molecule has 1 rings (SSSR count). The first kappa shape index (κ1) is 8.90. The van der Waals surface area contributed by atoms with Crippen molar-refractivity contribution >= 4 is 11.6 Å². The molecule has 0 aliphatic rings. The zero-order valence-corrected chi connectivity index (χ0v) is 7.81. The fraction of sp³-hybridized carbons (Fsp3) is 0.625. The van der Waals surface area contributed by atoms with Crippen molar-refractivity contribution in [3.8, 4) is 0 Å². The zero-order valence-electron chi connectivity index (χ0n) is 7.81. The van der Waals surface area contributed by atoms with Gasteiger partial charge in [0.25, 0.3) is 0 Å². The number of H-pyrrole nitrogens is 1. The molecule has 4 nitrogen and oxygen atoms in total. The molecular formula is C8H16N4. The SMILES string of the molecule is Cc1nc(NCC(C)C)c(N)[nH]1. The molecule has 0 atom stereocenters. The highest BCUT2D eigenvalue weighted by Crippen LogP contribution is 2.13. The van der Waals surface area contributed by atoms with Crippen LogP contribution in [0.2, 0.25) is 0 Å². The van der Waals surface area contributed by atoms with Crippen LogP contribution in [0.4, 0.5) is 11.6 Å². The lowest BCUT2D eigenvalue weighted by molar-refractivity contribution is 0.687. The minimum Gasteiger partial charge on any atom is -0.382 e. The summed E-state index contributed by atoms with van der Waals surface area (Å²) in [5, 5.41) is 3.17. The molecule has 1 aromatic rings. The minimum atomic E-state index is 0.599. The molecule has 0 amide bonds. The maximum absolute atomic E-state index is 5.65. The normalized spacial score (nSPS) is 10.7. The summed E-state index contributed by atoms with van der Waals surface area (Å²) >= 11 is 0. The van der Waals surface area contributed by atoms with Gasteiger partial charge in [-0.2, -0.15) is 0 Å². The Morgan fingerprint density at radius 3 is 2.67 bits per heavy atom. The van der Waals surface area contributed by atoms with Crippen LogP contribution in [-0.4, -0.2) is 16.5 Å². The molecule has 0 bridgehead atoms. The average Bonchev–Trinajstić information content (AvgIpc) is 2.26. The van der Waals surface area contributed by atoms with Gasteiger partial charge in [-0.15, -0.1) is 0 Å². The van der Waals surface area contributed by atoms with Crippen LogP contribution >= 0.6 is 0 Å². The molecule has 68 valence electrons. The summed E-state index contributed by atoms with van der Waals surface area (Å²) in [6.07, 6.45) is 0. The lowest BCUT2D eigenvalue weighted by atomic mass is 10.2. The maximum Gasteiger partial charge on any atom is 0.168 e. The van der Waals surface area contributed by atoms with Gasteiger partial charge in [0.05, 0.1) is 0 Å². The molecule has 1 heterocycles. The van der Waals surface area contributed by atoms with Crippen molar-refractivity contribution in [1.82, 2.24) is 9.97 Å². The van der Waals surface area contributed by atoms with Gasteiger partial charge in [-0.25, -0.2) is 4.98 Å². The molecule has 12 heavy (non-hydrogen) atoms. The first-order chi connectivity index (χ1) is 5.59. The Morgan fingerprint density at radius 2 is 2.25 bits per heavy atom. The van der Waals surface area contributed by atoms with Crippen LogP contribution in [0.3, 0.4) is 0 Å². The summed E-state index contributed by atoms with van der Waals surface area (Å²) in [5.41, 5.74) is 5.65. The quantitative estimate of drug-likeness (QED) is 0.638. The lowest BCUT2D eigenvalue weighted by Crippen LogP contribution is -2.09. The standard InChI is InChI=1S/C8H16N4/c1-5(2)4-10-8-7(9)11-6(3)12-8/h5,10H,4,9H2,1-3H3,(H,11,12). The van der Waals surface area contributed by atoms with Crippen molar-refractivity contribution in [2.75, 3.05) is 17.6 Å². The van der Waals surface area contributed by atoms with E-state index in [0.717, 1.165) is 18.2 Å². The Labute approximate surface area is 72.6 Å². The number of anilines is 2. The van der Waals surface area contributed by atoms with Gasteiger partial charge in [-0.1, -0.05) is 13.8 Å². The summed E-state index contributed by atoms with van der Waals surface area (Å²) in [4.78, 5) is 7.13. The van der Waals surface area contributed by atoms with E-state index in [4.69, 9.17) is 5.73 Å². The molecule has 4 N–H and O–H groups in total. The third-order valence-corrected chi connectivity index (χ3v) is 1.53. The number of hydrogen-bond donors (Lipinski definition) is 3. The topological polar surface area (TPSA) is 66.7 Å². The molecule has 1 aromatic heterocycles. The van der Waals surface area contributed by atoms with Gasteiger partial charge in [0, 0.05) is 6.54 Å².